The first kappa shape index (κ1) is 12.9. The molecule has 93 valence electrons. The fourth-order valence-corrected chi connectivity index (χ4v) is 5.45. The van der Waals surface area contributed by atoms with Gasteiger partial charge < -0.3 is 5.32 Å². The van der Waals surface area contributed by atoms with Gasteiger partial charge in [-0.15, -0.1) is 0 Å². The van der Waals surface area contributed by atoms with Gasteiger partial charge in [-0.25, -0.2) is 4.39 Å². The molecular weight excluding hydrogens is 253 g/mol. The Morgan fingerprint density at radius 2 is 2.12 bits per heavy atom. The molecule has 1 atom stereocenters. The third kappa shape index (κ3) is 2.66. The lowest BCUT2D eigenvalue weighted by atomic mass is 10.0. The minimum absolute atomic E-state index is 0.215. The second-order valence-corrected chi connectivity index (χ2v) is 8.55. The highest BCUT2D eigenvalue weighted by molar-refractivity contribution is 6.60. The maximum Gasteiger partial charge on any atom is 0.148 e. The average Bonchev–Trinajstić information content (AvgIpc) is 2.30. The summed E-state index contributed by atoms with van der Waals surface area (Å²) in [6, 6.07) is 5.86. The smallest absolute Gasteiger partial charge is 0.148 e. The Kier molecular flexibility index (Phi) is 4.10. The van der Waals surface area contributed by atoms with Gasteiger partial charge in [-0.2, -0.15) is 0 Å². The molecule has 1 radical (unpaired) electrons. The van der Waals surface area contributed by atoms with Gasteiger partial charge in [-0.3, -0.25) is 0 Å². The minimum atomic E-state index is -0.319. The highest BCUT2D eigenvalue weighted by Crippen LogP contribution is 2.34. The summed E-state index contributed by atoms with van der Waals surface area (Å²) in [5, 5.41) is 3.75. The van der Waals surface area contributed by atoms with Crippen LogP contribution in [0.1, 0.15) is 19.4 Å². The van der Waals surface area contributed by atoms with E-state index in [1.165, 1.54) is 18.2 Å². The number of fused-ring (bicyclic) bond motifs is 1. The zero-order chi connectivity index (χ0) is 12.4. The van der Waals surface area contributed by atoms with Gasteiger partial charge >= 0.3 is 0 Å². The van der Waals surface area contributed by atoms with E-state index < -0.39 is 0 Å². The molecule has 0 fully saturated rings. The van der Waals surface area contributed by atoms with Crippen molar-refractivity contribution >= 4 is 26.1 Å². The van der Waals surface area contributed by atoms with Crippen LogP contribution in [0.3, 0.4) is 0 Å². The van der Waals surface area contributed by atoms with Crippen molar-refractivity contribution in [3.8, 4) is 0 Å². The molecule has 1 aromatic rings. The number of nitrogens with one attached hydrogen (secondary N) is 1. The Bertz CT molecular complexity index is 407. The number of rotatable bonds is 3. The Balaban J connectivity index is 2.23. The summed E-state index contributed by atoms with van der Waals surface area (Å²) in [7, 11) is -0.319. The molecule has 2 rings (SSSR count). The number of hydrogen-bond donors (Lipinski definition) is 1. The van der Waals surface area contributed by atoms with Crippen LogP contribution in [0.15, 0.2) is 12.1 Å². The monoisotopic (exact) mass is 270 g/mol. The van der Waals surface area contributed by atoms with Gasteiger partial charge in [0.25, 0.3) is 0 Å². The summed E-state index contributed by atoms with van der Waals surface area (Å²) in [4.78, 5) is 0. The molecule has 4 heteroatoms. The molecule has 0 saturated carbocycles. The quantitative estimate of drug-likeness (QED) is 0.805. The van der Waals surface area contributed by atoms with Crippen LogP contribution in [0, 0.1) is 5.82 Å². The lowest BCUT2D eigenvalue weighted by Crippen LogP contribution is -2.30. The van der Waals surface area contributed by atoms with Gasteiger partial charge in [-0.1, -0.05) is 37.5 Å². The molecule has 1 unspecified atom stereocenters. The van der Waals surface area contributed by atoms with Gasteiger partial charge in [0, 0.05) is 11.6 Å². The molecule has 1 nitrogen and oxygen atoms in total. The average molecular weight is 271 g/mol. The van der Waals surface area contributed by atoms with E-state index in [0.717, 1.165) is 18.5 Å². The van der Waals surface area contributed by atoms with Crippen molar-refractivity contribution < 1.29 is 4.39 Å². The highest BCUT2D eigenvalue weighted by atomic mass is 35.5. The summed E-state index contributed by atoms with van der Waals surface area (Å²) in [6.45, 7) is 5.46. The second kappa shape index (κ2) is 5.40. The van der Waals surface area contributed by atoms with Crippen molar-refractivity contribution in [1.29, 1.82) is 0 Å². The van der Waals surface area contributed by atoms with Crippen molar-refractivity contribution in [2.75, 3.05) is 11.9 Å². The fourth-order valence-electron chi connectivity index (χ4n) is 2.66. The normalized spacial score (nSPS) is 19.0. The first-order valence-corrected chi connectivity index (χ1v) is 8.59. The van der Waals surface area contributed by atoms with E-state index in [9.17, 15) is 4.39 Å². The summed E-state index contributed by atoms with van der Waals surface area (Å²) in [5.74, 6) is -0.215. The summed E-state index contributed by atoms with van der Waals surface area (Å²) >= 11 is 5.92. The van der Waals surface area contributed by atoms with Crippen molar-refractivity contribution in [2.24, 2.45) is 0 Å². The second-order valence-electron chi connectivity index (χ2n) is 4.57. The molecule has 0 aliphatic carbocycles. The molecule has 17 heavy (non-hydrogen) atoms. The van der Waals surface area contributed by atoms with E-state index in [2.05, 4.69) is 19.2 Å². The Hall–Kier alpha value is -0.543. The largest absolute Gasteiger partial charge is 0.382 e. The predicted molar refractivity (Wildman–Crippen MR) is 74.1 cm³/mol. The third-order valence-electron chi connectivity index (χ3n) is 3.61. The van der Waals surface area contributed by atoms with Crippen LogP contribution >= 0.6 is 11.6 Å². The van der Waals surface area contributed by atoms with Crippen LogP contribution in [0.25, 0.3) is 0 Å². The van der Waals surface area contributed by atoms with Crippen molar-refractivity contribution in [3.05, 3.63) is 28.5 Å². The highest BCUT2D eigenvalue weighted by Gasteiger charge is 2.26. The van der Waals surface area contributed by atoms with E-state index in [1.807, 2.05) is 6.07 Å². The van der Waals surface area contributed by atoms with E-state index in [1.54, 1.807) is 0 Å². The van der Waals surface area contributed by atoms with Crippen molar-refractivity contribution in [1.82, 2.24) is 0 Å². The maximum absolute atomic E-state index is 13.7. The van der Waals surface area contributed by atoms with Crippen LogP contribution in [0.2, 0.25) is 22.7 Å². The van der Waals surface area contributed by atoms with E-state index in [4.69, 9.17) is 11.6 Å². The van der Waals surface area contributed by atoms with E-state index in [0.29, 0.717) is 16.3 Å². The van der Waals surface area contributed by atoms with Gasteiger partial charge in [0.05, 0.1) is 14.5 Å². The molecule has 0 aromatic heterocycles. The number of anilines is 1. The predicted octanol–water partition coefficient (Wildman–Crippen LogP) is 4.35. The molecule has 1 aliphatic heterocycles. The Labute approximate surface area is 109 Å². The van der Waals surface area contributed by atoms with Gasteiger partial charge in [-0.05, 0) is 29.7 Å². The van der Waals surface area contributed by atoms with Crippen LogP contribution in [0.4, 0.5) is 10.1 Å². The van der Waals surface area contributed by atoms with Gasteiger partial charge in [0.2, 0.25) is 0 Å². The Morgan fingerprint density at radius 3 is 2.76 bits per heavy atom. The van der Waals surface area contributed by atoms with Crippen LogP contribution < -0.4 is 5.32 Å². The number of hydrogen-bond acceptors (Lipinski definition) is 1. The molecule has 0 bridgehead atoms. The lowest BCUT2D eigenvalue weighted by Gasteiger charge is -2.30. The Morgan fingerprint density at radius 1 is 1.41 bits per heavy atom. The first-order valence-electron chi connectivity index (χ1n) is 6.22. The van der Waals surface area contributed by atoms with Gasteiger partial charge in [0.1, 0.15) is 5.82 Å². The topological polar surface area (TPSA) is 12.0 Å². The first-order chi connectivity index (χ1) is 8.15. The molecule has 1 heterocycles. The molecule has 0 spiro atoms. The van der Waals surface area contributed by atoms with Crippen molar-refractivity contribution in [3.63, 3.8) is 0 Å². The van der Waals surface area contributed by atoms with E-state index >= 15 is 0 Å². The lowest BCUT2D eigenvalue weighted by molar-refractivity contribution is 0.622. The van der Waals surface area contributed by atoms with Crippen LogP contribution in [0.5, 0.6) is 0 Å². The summed E-state index contributed by atoms with van der Waals surface area (Å²) in [5.41, 5.74) is 2.41. The maximum atomic E-state index is 13.7. The van der Waals surface area contributed by atoms with Crippen LogP contribution in [-0.4, -0.2) is 15.3 Å². The molecule has 1 aromatic carbocycles. The molecule has 0 saturated heterocycles. The SMILES string of the molecule is CC[Si](CC)C1CNc2c(F)cc(Cl)cc2C1. The number of halogens is 2. The number of benzene rings is 1. The molecule has 0 amide bonds. The molecule has 1 aliphatic rings. The third-order valence-corrected chi connectivity index (χ3v) is 7.21. The molecular formula is C13H18ClFNSi. The van der Waals surface area contributed by atoms with Crippen LogP contribution in [-0.2, 0) is 6.42 Å². The zero-order valence-electron chi connectivity index (χ0n) is 10.3. The molecule has 1 N–H and O–H groups in total. The van der Waals surface area contributed by atoms with Crippen molar-refractivity contribution in [2.45, 2.75) is 37.9 Å². The standard InChI is InChI=1S/C13H18ClFNSi/c1-3-17(4-2)11-6-9-5-10(14)7-12(15)13(9)16-8-11/h5,7,11,16H,3-4,6,8H2,1-2H3. The summed E-state index contributed by atoms with van der Waals surface area (Å²) in [6.07, 6.45) is 0.982. The van der Waals surface area contributed by atoms with Gasteiger partial charge in [0.15, 0.2) is 0 Å². The minimum Gasteiger partial charge on any atom is -0.382 e. The zero-order valence-corrected chi connectivity index (χ0v) is 12.1. The van der Waals surface area contributed by atoms with E-state index in [-0.39, 0.29) is 14.6 Å². The summed E-state index contributed by atoms with van der Waals surface area (Å²) < 4.78 is 13.7. The fraction of sp³-hybridized carbons (Fsp3) is 0.538.